The summed E-state index contributed by atoms with van der Waals surface area (Å²) in [4.78, 5) is 25.4. The van der Waals surface area contributed by atoms with Gasteiger partial charge in [-0.3, -0.25) is 0 Å². The molecule has 0 spiro atoms. The molecule has 1 fully saturated rings. The number of aryl methyl sites for hydroxylation is 1. The summed E-state index contributed by atoms with van der Waals surface area (Å²) in [7, 11) is 1.62. The fraction of sp³-hybridized carbons (Fsp3) is 0.368. The maximum atomic E-state index is 12.3. The highest BCUT2D eigenvalue weighted by molar-refractivity contribution is 5.74. The number of carbonyl (C=O) groups is 1. The maximum Gasteiger partial charge on any atom is 0.339 e. The Morgan fingerprint density at radius 3 is 2.73 bits per heavy atom. The molecule has 2 heterocycles. The van der Waals surface area contributed by atoms with Crippen molar-refractivity contribution in [2.45, 2.75) is 26.0 Å². The van der Waals surface area contributed by atoms with Gasteiger partial charge in [-0.2, -0.15) is 0 Å². The van der Waals surface area contributed by atoms with Gasteiger partial charge in [-0.25, -0.2) is 9.59 Å². The Bertz CT molecular complexity index is 815. The first kappa shape index (κ1) is 17.8. The van der Waals surface area contributed by atoms with Crippen LogP contribution in [-0.2, 0) is 6.54 Å². The van der Waals surface area contributed by atoms with E-state index in [1.54, 1.807) is 25.0 Å². The molecule has 1 aromatic carbocycles. The van der Waals surface area contributed by atoms with Gasteiger partial charge in [0.05, 0.1) is 19.7 Å². The Labute approximate surface area is 151 Å². The Hall–Kier alpha value is -2.96. The van der Waals surface area contributed by atoms with E-state index in [9.17, 15) is 9.59 Å². The number of amides is 2. The number of benzene rings is 1. The Morgan fingerprint density at radius 1 is 1.27 bits per heavy atom. The molecule has 1 aliphatic rings. The summed E-state index contributed by atoms with van der Waals surface area (Å²) < 4.78 is 15.8. The minimum absolute atomic E-state index is 0.129. The summed E-state index contributed by atoms with van der Waals surface area (Å²) in [6.07, 6.45) is 0.581. The van der Waals surface area contributed by atoms with E-state index >= 15 is 0 Å². The summed E-state index contributed by atoms with van der Waals surface area (Å²) in [6, 6.07) is 10.4. The molecule has 0 aliphatic carbocycles. The van der Waals surface area contributed by atoms with Crippen molar-refractivity contribution in [1.29, 1.82) is 0 Å². The fourth-order valence-electron chi connectivity index (χ4n) is 2.88. The van der Waals surface area contributed by atoms with Gasteiger partial charge in [0.15, 0.2) is 0 Å². The maximum absolute atomic E-state index is 12.3. The lowest BCUT2D eigenvalue weighted by Gasteiger charge is -2.18. The molecular formula is C19H22N2O5. The molecule has 3 rings (SSSR count). The SMILES string of the molecule is COc1ccc(CNC(=O)N2CCC(Oc3cc(C)oc(=O)c3)C2)cc1. The first-order chi connectivity index (χ1) is 12.5. The van der Waals surface area contributed by atoms with Crippen LogP contribution in [0.5, 0.6) is 11.5 Å². The molecule has 1 aliphatic heterocycles. The highest BCUT2D eigenvalue weighted by atomic mass is 16.5. The van der Waals surface area contributed by atoms with Crippen molar-refractivity contribution in [1.82, 2.24) is 10.2 Å². The minimum Gasteiger partial charge on any atom is -0.497 e. The lowest BCUT2D eigenvalue weighted by atomic mass is 10.2. The summed E-state index contributed by atoms with van der Waals surface area (Å²) >= 11 is 0. The van der Waals surface area contributed by atoms with E-state index in [2.05, 4.69) is 5.32 Å². The van der Waals surface area contributed by atoms with Crippen LogP contribution in [0.3, 0.4) is 0 Å². The number of urea groups is 1. The van der Waals surface area contributed by atoms with Crippen LogP contribution in [0.2, 0.25) is 0 Å². The second-order valence-electron chi connectivity index (χ2n) is 6.20. The van der Waals surface area contributed by atoms with Crippen LogP contribution in [-0.4, -0.2) is 37.2 Å². The second-order valence-corrected chi connectivity index (χ2v) is 6.20. The normalized spacial score (nSPS) is 16.4. The molecule has 1 N–H and O–H groups in total. The zero-order chi connectivity index (χ0) is 18.5. The first-order valence-corrected chi connectivity index (χ1v) is 8.47. The van der Waals surface area contributed by atoms with Crippen LogP contribution in [0.15, 0.2) is 45.6 Å². The second kappa shape index (κ2) is 7.95. The molecule has 1 atom stereocenters. The van der Waals surface area contributed by atoms with Crippen molar-refractivity contribution in [3.8, 4) is 11.5 Å². The van der Waals surface area contributed by atoms with E-state index in [-0.39, 0.29) is 12.1 Å². The molecule has 138 valence electrons. The zero-order valence-electron chi connectivity index (χ0n) is 14.9. The Balaban J connectivity index is 1.49. The average Bonchev–Trinajstić information content (AvgIpc) is 3.07. The van der Waals surface area contributed by atoms with Gasteiger partial charge in [0.1, 0.15) is 23.4 Å². The van der Waals surface area contributed by atoms with E-state index in [0.29, 0.717) is 31.1 Å². The third-order valence-electron chi connectivity index (χ3n) is 4.20. The van der Waals surface area contributed by atoms with Crippen molar-refractivity contribution in [3.63, 3.8) is 0 Å². The number of hydrogen-bond donors (Lipinski definition) is 1. The molecule has 1 unspecified atom stereocenters. The van der Waals surface area contributed by atoms with Crippen LogP contribution < -0.4 is 20.4 Å². The number of ether oxygens (including phenoxy) is 2. The molecular weight excluding hydrogens is 336 g/mol. The van der Waals surface area contributed by atoms with Gasteiger partial charge in [-0.1, -0.05) is 12.1 Å². The first-order valence-electron chi connectivity index (χ1n) is 8.47. The smallest absolute Gasteiger partial charge is 0.339 e. The van der Waals surface area contributed by atoms with E-state index in [1.807, 2.05) is 24.3 Å². The van der Waals surface area contributed by atoms with Gasteiger partial charge >= 0.3 is 11.7 Å². The summed E-state index contributed by atoms with van der Waals surface area (Å²) in [5.74, 6) is 1.76. The predicted octanol–water partition coefficient (Wildman–Crippen LogP) is 2.32. The highest BCUT2D eigenvalue weighted by Crippen LogP contribution is 2.18. The van der Waals surface area contributed by atoms with Crippen LogP contribution >= 0.6 is 0 Å². The van der Waals surface area contributed by atoms with Crippen LogP contribution in [0, 0.1) is 6.92 Å². The molecule has 0 saturated carbocycles. The van der Waals surface area contributed by atoms with Gasteiger partial charge in [0, 0.05) is 25.6 Å². The van der Waals surface area contributed by atoms with Crippen LogP contribution in [0.25, 0.3) is 0 Å². The number of hydrogen-bond acceptors (Lipinski definition) is 5. The molecule has 2 amide bonds. The third kappa shape index (κ3) is 4.56. The fourth-order valence-corrected chi connectivity index (χ4v) is 2.88. The number of nitrogens with one attached hydrogen (secondary N) is 1. The molecule has 7 nitrogen and oxygen atoms in total. The van der Waals surface area contributed by atoms with Crippen molar-refractivity contribution in [2.75, 3.05) is 20.2 Å². The Morgan fingerprint density at radius 2 is 2.04 bits per heavy atom. The average molecular weight is 358 g/mol. The zero-order valence-corrected chi connectivity index (χ0v) is 14.9. The summed E-state index contributed by atoms with van der Waals surface area (Å²) in [5.41, 5.74) is 0.560. The number of nitrogens with zero attached hydrogens (tertiary/aromatic N) is 1. The van der Waals surface area contributed by atoms with Gasteiger partial charge in [-0.05, 0) is 24.6 Å². The monoisotopic (exact) mass is 358 g/mol. The predicted molar refractivity (Wildman–Crippen MR) is 95.6 cm³/mol. The topological polar surface area (TPSA) is 81.0 Å². The molecule has 2 aromatic rings. The third-order valence-corrected chi connectivity index (χ3v) is 4.20. The molecule has 1 saturated heterocycles. The summed E-state index contributed by atoms with van der Waals surface area (Å²) in [5, 5.41) is 2.91. The van der Waals surface area contributed by atoms with E-state index in [4.69, 9.17) is 13.9 Å². The molecule has 0 bridgehead atoms. The van der Waals surface area contributed by atoms with Crippen LogP contribution in [0.1, 0.15) is 17.7 Å². The van der Waals surface area contributed by atoms with E-state index in [1.165, 1.54) is 6.07 Å². The standard InChI is InChI=1S/C19H22N2O5/c1-13-9-17(10-18(22)25-13)26-16-7-8-21(12-16)19(23)20-11-14-3-5-15(24-2)6-4-14/h3-6,9-10,16H,7-8,11-12H2,1-2H3,(H,20,23). The number of carbonyl (C=O) groups excluding carboxylic acids is 1. The van der Waals surface area contributed by atoms with Gasteiger partial charge in [0.2, 0.25) is 0 Å². The van der Waals surface area contributed by atoms with Crippen molar-refractivity contribution in [2.24, 2.45) is 0 Å². The van der Waals surface area contributed by atoms with Gasteiger partial charge in [-0.15, -0.1) is 0 Å². The largest absolute Gasteiger partial charge is 0.497 e. The number of rotatable bonds is 5. The van der Waals surface area contributed by atoms with Crippen molar-refractivity contribution in [3.05, 3.63) is 58.1 Å². The lowest BCUT2D eigenvalue weighted by molar-refractivity contribution is 0.185. The van der Waals surface area contributed by atoms with Gasteiger partial charge in [0.25, 0.3) is 0 Å². The molecule has 7 heteroatoms. The van der Waals surface area contributed by atoms with E-state index < -0.39 is 5.63 Å². The highest BCUT2D eigenvalue weighted by Gasteiger charge is 2.27. The van der Waals surface area contributed by atoms with Crippen molar-refractivity contribution >= 4 is 6.03 Å². The number of likely N-dealkylation sites (tertiary alicyclic amines) is 1. The summed E-state index contributed by atoms with van der Waals surface area (Å²) in [6.45, 7) is 3.23. The van der Waals surface area contributed by atoms with Crippen molar-refractivity contribution < 1.29 is 18.7 Å². The lowest BCUT2D eigenvalue weighted by Crippen LogP contribution is -2.39. The minimum atomic E-state index is -0.438. The molecule has 26 heavy (non-hydrogen) atoms. The van der Waals surface area contributed by atoms with E-state index in [0.717, 1.165) is 17.7 Å². The molecule has 0 radical (unpaired) electrons. The quantitative estimate of drug-likeness (QED) is 0.887. The van der Waals surface area contributed by atoms with Crippen LogP contribution in [0.4, 0.5) is 4.79 Å². The molecule has 1 aromatic heterocycles. The Kier molecular flexibility index (Phi) is 5.46. The number of methoxy groups -OCH3 is 1. The van der Waals surface area contributed by atoms with Gasteiger partial charge < -0.3 is 24.1 Å².